The second-order valence-corrected chi connectivity index (χ2v) is 1.65. The summed E-state index contributed by atoms with van der Waals surface area (Å²) in [7, 11) is 0. The molecule has 0 N–H and O–H groups in total. The summed E-state index contributed by atoms with van der Waals surface area (Å²) in [5.74, 6) is 0. The van der Waals surface area contributed by atoms with Crippen LogP contribution in [0.15, 0.2) is 0 Å². The van der Waals surface area contributed by atoms with Crippen LogP contribution in [0, 0.1) is 0 Å². The summed E-state index contributed by atoms with van der Waals surface area (Å²) in [6.07, 6.45) is 0.938. The van der Waals surface area contributed by atoms with Crippen LogP contribution in [0.5, 0.6) is 0 Å². The van der Waals surface area contributed by atoms with E-state index in [9.17, 15) is 4.79 Å². The van der Waals surface area contributed by atoms with Gasteiger partial charge in [0.05, 0.1) is 6.54 Å². The Morgan fingerprint density at radius 2 is 1.78 bits per heavy atom. The van der Waals surface area contributed by atoms with Crippen LogP contribution in [0.3, 0.4) is 0 Å². The van der Waals surface area contributed by atoms with Crippen LogP contribution in [0.1, 0.15) is 13.8 Å². The molecule has 0 radical (unpaired) electrons. The van der Waals surface area contributed by atoms with Crippen molar-refractivity contribution >= 4 is 32.1 Å². The number of carbonyl (C=O) groups excluding carboxylic acids is 1. The molecule has 0 bridgehead atoms. The van der Waals surface area contributed by atoms with Gasteiger partial charge in [-0.25, -0.2) is 0 Å². The first kappa shape index (κ1) is 12.2. The fraction of sp³-hybridized carbons (Fsp3) is 0.833. The molecule has 0 aromatic rings. The number of carbonyl (C=O) groups is 1. The average Bonchev–Trinajstić information content (AvgIpc) is 1.83. The molecular formula is C6H16InNO. The van der Waals surface area contributed by atoms with Crippen LogP contribution in [0.25, 0.3) is 0 Å². The van der Waals surface area contributed by atoms with Gasteiger partial charge in [0.15, 0.2) is 0 Å². The van der Waals surface area contributed by atoms with Gasteiger partial charge in [0.25, 0.3) is 0 Å². The summed E-state index contributed by atoms with van der Waals surface area (Å²) in [6.45, 7) is 6.61. The van der Waals surface area contributed by atoms with Crippen molar-refractivity contribution in [3.63, 3.8) is 0 Å². The second kappa shape index (κ2) is 8.50. The Balaban J connectivity index is 0. The minimum absolute atomic E-state index is 0. The quantitative estimate of drug-likeness (QED) is 0.601. The zero-order valence-electron chi connectivity index (χ0n) is 5.55. The monoisotopic (exact) mass is 233 g/mol. The molecule has 0 heterocycles. The van der Waals surface area contributed by atoms with Gasteiger partial charge < -0.3 is 4.79 Å². The summed E-state index contributed by atoms with van der Waals surface area (Å²) in [4.78, 5) is 12.0. The van der Waals surface area contributed by atoms with Crippen LogP contribution in [-0.2, 0) is 4.79 Å². The molecule has 0 rings (SSSR count). The molecule has 0 aromatic carbocycles. The maximum atomic E-state index is 9.89. The fourth-order valence-electron chi connectivity index (χ4n) is 0.587. The molecule has 0 saturated carbocycles. The van der Waals surface area contributed by atoms with E-state index in [2.05, 4.69) is 4.90 Å². The zero-order valence-corrected chi connectivity index (χ0v) is 5.55. The van der Waals surface area contributed by atoms with Crippen molar-refractivity contribution in [2.24, 2.45) is 0 Å². The van der Waals surface area contributed by atoms with Crippen molar-refractivity contribution in [1.29, 1.82) is 0 Å². The molecule has 0 atom stereocenters. The van der Waals surface area contributed by atoms with E-state index in [0.717, 1.165) is 19.4 Å². The van der Waals surface area contributed by atoms with E-state index in [1.807, 2.05) is 13.8 Å². The van der Waals surface area contributed by atoms with E-state index >= 15 is 0 Å². The Hall–Kier alpha value is 0.500. The molecule has 54 valence electrons. The van der Waals surface area contributed by atoms with Crippen LogP contribution < -0.4 is 0 Å². The Morgan fingerprint density at radius 3 is 1.89 bits per heavy atom. The van der Waals surface area contributed by atoms with Gasteiger partial charge >= 0.3 is 25.8 Å². The predicted molar refractivity (Wildman–Crippen MR) is 43.8 cm³/mol. The van der Waals surface area contributed by atoms with Crippen molar-refractivity contribution in [3.8, 4) is 0 Å². The summed E-state index contributed by atoms with van der Waals surface area (Å²) in [6, 6.07) is 0. The maximum absolute atomic E-state index is 9.89. The van der Waals surface area contributed by atoms with Gasteiger partial charge in [-0.05, 0) is 13.1 Å². The second-order valence-electron chi connectivity index (χ2n) is 1.65. The molecule has 3 heteroatoms. The van der Waals surface area contributed by atoms with E-state index in [4.69, 9.17) is 0 Å². The topological polar surface area (TPSA) is 20.3 Å². The third kappa shape index (κ3) is 6.38. The van der Waals surface area contributed by atoms with Gasteiger partial charge in [-0.3, -0.25) is 4.90 Å². The van der Waals surface area contributed by atoms with Crippen molar-refractivity contribution in [2.75, 3.05) is 19.6 Å². The Kier molecular flexibility index (Phi) is 11.5. The standard InChI is InChI=1S/C6H13NO.In.3H/c1-3-7(4-2)5-6-8;;;;/h6H,3-5H2,1-2H3;;;;. The van der Waals surface area contributed by atoms with E-state index in [1.165, 1.54) is 0 Å². The van der Waals surface area contributed by atoms with Crippen LogP contribution in [0.4, 0.5) is 0 Å². The normalized spacial score (nSPS) is 8.78. The van der Waals surface area contributed by atoms with Gasteiger partial charge in [0, 0.05) is 0 Å². The van der Waals surface area contributed by atoms with E-state index < -0.39 is 0 Å². The Bertz CT molecular complexity index is 64.1. The minimum atomic E-state index is 0. The number of rotatable bonds is 4. The van der Waals surface area contributed by atoms with Gasteiger partial charge in [-0.1, -0.05) is 13.8 Å². The van der Waals surface area contributed by atoms with Gasteiger partial charge in [0.1, 0.15) is 6.29 Å². The van der Waals surface area contributed by atoms with E-state index in [-0.39, 0.29) is 25.8 Å². The van der Waals surface area contributed by atoms with Crippen LogP contribution in [0.2, 0.25) is 0 Å². The molecule has 0 aromatic heterocycles. The van der Waals surface area contributed by atoms with E-state index in [0.29, 0.717) is 6.54 Å². The molecule has 0 aliphatic rings. The first-order chi connectivity index (χ1) is 3.85. The van der Waals surface area contributed by atoms with Gasteiger partial charge in [-0.2, -0.15) is 0 Å². The van der Waals surface area contributed by atoms with E-state index in [1.54, 1.807) is 0 Å². The molecule has 0 fully saturated rings. The number of likely N-dealkylation sites (N-methyl/N-ethyl adjacent to an activating group) is 1. The fourth-order valence-corrected chi connectivity index (χ4v) is 0.587. The molecule has 9 heavy (non-hydrogen) atoms. The zero-order chi connectivity index (χ0) is 6.41. The predicted octanol–water partition coefficient (Wildman–Crippen LogP) is -0.657. The van der Waals surface area contributed by atoms with Crippen molar-refractivity contribution in [3.05, 3.63) is 0 Å². The third-order valence-corrected chi connectivity index (χ3v) is 1.23. The summed E-state index contributed by atoms with van der Waals surface area (Å²) < 4.78 is 0. The molecule has 0 saturated heterocycles. The number of hydrogen-bond donors (Lipinski definition) is 0. The van der Waals surface area contributed by atoms with Crippen molar-refractivity contribution < 1.29 is 4.79 Å². The van der Waals surface area contributed by atoms with Crippen molar-refractivity contribution in [2.45, 2.75) is 13.8 Å². The summed E-state index contributed by atoms with van der Waals surface area (Å²) >= 11 is 0. The van der Waals surface area contributed by atoms with Crippen LogP contribution >= 0.6 is 0 Å². The first-order valence-electron chi connectivity index (χ1n) is 3.01. The average molecular weight is 233 g/mol. The van der Waals surface area contributed by atoms with Gasteiger partial charge in [0.2, 0.25) is 0 Å². The SMILES string of the molecule is CCN(CC)CC=O.[InH3]. The molecule has 0 aliphatic carbocycles. The molecule has 0 spiro atoms. The summed E-state index contributed by atoms with van der Waals surface area (Å²) in [5, 5.41) is 0. The Morgan fingerprint density at radius 1 is 1.33 bits per heavy atom. The molecular weight excluding hydrogens is 217 g/mol. The molecule has 0 amide bonds. The first-order valence-corrected chi connectivity index (χ1v) is 3.01. The number of hydrogen-bond acceptors (Lipinski definition) is 2. The van der Waals surface area contributed by atoms with Crippen LogP contribution in [-0.4, -0.2) is 56.7 Å². The third-order valence-electron chi connectivity index (χ3n) is 1.23. The Labute approximate surface area is 75.4 Å². The summed E-state index contributed by atoms with van der Waals surface area (Å²) in [5.41, 5.74) is 0. The number of nitrogens with zero attached hydrogens (tertiary/aromatic N) is 1. The molecule has 2 nitrogen and oxygen atoms in total. The molecule has 0 aliphatic heterocycles. The number of aldehydes is 1. The molecule has 0 unspecified atom stereocenters. The van der Waals surface area contributed by atoms with Crippen molar-refractivity contribution in [1.82, 2.24) is 4.90 Å². The van der Waals surface area contributed by atoms with Gasteiger partial charge in [-0.15, -0.1) is 0 Å².